The van der Waals surface area contributed by atoms with E-state index in [9.17, 15) is 4.79 Å². The van der Waals surface area contributed by atoms with Gasteiger partial charge in [-0.1, -0.05) is 41.5 Å². The van der Waals surface area contributed by atoms with E-state index in [1.54, 1.807) is 19.2 Å². The van der Waals surface area contributed by atoms with E-state index in [1.165, 1.54) is 0 Å². The molecule has 1 aromatic rings. The molecule has 1 fully saturated rings. The van der Waals surface area contributed by atoms with Gasteiger partial charge in [0.2, 0.25) is 14.2 Å². The van der Waals surface area contributed by atoms with E-state index in [2.05, 4.69) is 46.4 Å². The van der Waals surface area contributed by atoms with Crippen molar-refractivity contribution in [1.29, 1.82) is 0 Å². The monoisotopic (exact) mass is 406 g/mol. The first-order valence-electron chi connectivity index (χ1n) is 10.5. The Hall–Kier alpha value is -1.53. The molecule has 0 saturated carbocycles. The average Bonchev–Trinajstić information content (AvgIpc) is 2.65. The van der Waals surface area contributed by atoms with Crippen molar-refractivity contribution >= 4 is 19.9 Å². The van der Waals surface area contributed by atoms with Gasteiger partial charge in [-0.3, -0.25) is 4.79 Å². The SMILES string of the molecule is COc1cc(C(N)=O)ccc1N1CCC(O[Si](C(C)C)(C(C)C)C(C)C)CC1. The second-order valence-corrected chi connectivity index (χ2v) is 14.3. The Kier molecular flexibility index (Phi) is 7.57. The van der Waals surface area contributed by atoms with Crippen molar-refractivity contribution < 1.29 is 14.0 Å². The summed E-state index contributed by atoms with van der Waals surface area (Å²) >= 11 is 0. The number of methoxy groups -OCH3 is 1. The van der Waals surface area contributed by atoms with Gasteiger partial charge in [0, 0.05) is 24.8 Å². The first kappa shape index (κ1) is 22.8. The molecule has 28 heavy (non-hydrogen) atoms. The number of amides is 1. The summed E-state index contributed by atoms with van der Waals surface area (Å²) in [6, 6.07) is 5.45. The van der Waals surface area contributed by atoms with Crippen molar-refractivity contribution in [2.24, 2.45) is 5.73 Å². The van der Waals surface area contributed by atoms with E-state index >= 15 is 0 Å². The molecular formula is C22H38N2O3Si. The van der Waals surface area contributed by atoms with Gasteiger partial charge in [0.25, 0.3) is 0 Å². The predicted octanol–water partition coefficient (Wildman–Crippen LogP) is 4.96. The number of hydrogen-bond donors (Lipinski definition) is 1. The number of anilines is 1. The molecule has 2 rings (SSSR count). The largest absolute Gasteiger partial charge is 0.495 e. The smallest absolute Gasteiger partial charge is 0.248 e. The average molecular weight is 407 g/mol. The summed E-state index contributed by atoms with van der Waals surface area (Å²) in [5, 5.41) is 0. The molecule has 158 valence electrons. The maximum atomic E-state index is 11.4. The van der Waals surface area contributed by atoms with Crippen molar-refractivity contribution in [2.75, 3.05) is 25.1 Å². The van der Waals surface area contributed by atoms with E-state index < -0.39 is 14.2 Å². The highest BCUT2D eigenvalue weighted by Crippen LogP contribution is 2.44. The number of rotatable bonds is 8. The highest BCUT2D eigenvalue weighted by Gasteiger charge is 2.46. The molecule has 1 aromatic carbocycles. The fourth-order valence-corrected chi connectivity index (χ4v) is 10.6. The van der Waals surface area contributed by atoms with Crippen LogP contribution in [0.1, 0.15) is 64.7 Å². The molecule has 1 heterocycles. The van der Waals surface area contributed by atoms with Crippen molar-refractivity contribution in [2.45, 2.75) is 77.1 Å². The maximum absolute atomic E-state index is 11.4. The zero-order chi connectivity index (χ0) is 21.1. The van der Waals surface area contributed by atoms with Crippen LogP contribution in [0, 0.1) is 0 Å². The van der Waals surface area contributed by atoms with Crippen LogP contribution in [-0.4, -0.2) is 40.5 Å². The third-order valence-corrected chi connectivity index (χ3v) is 12.5. The zero-order valence-corrected chi connectivity index (χ0v) is 19.6. The number of piperidine rings is 1. The lowest BCUT2D eigenvalue weighted by Crippen LogP contribution is -2.52. The lowest BCUT2D eigenvalue weighted by atomic mass is 10.1. The molecule has 1 aliphatic heterocycles. The number of carbonyl (C=O) groups excluding carboxylic acids is 1. The van der Waals surface area contributed by atoms with Gasteiger partial charge in [0.05, 0.1) is 12.8 Å². The summed E-state index contributed by atoms with van der Waals surface area (Å²) in [6.07, 6.45) is 2.36. The van der Waals surface area contributed by atoms with E-state index in [1.807, 2.05) is 6.07 Å². The maximum Gasteiger partial charge on any atom is 0.248 e. The van der Waals surface area contributed by atoms with Gasteiger partial charge >= 0.3 is 0 Å². The van der Waals surface area contributed by atoms with Crippen molar-refractivity contribution in [1.82, 2.24) is 0 Å². The molecule has 1 amide bonds. The van der Waals surface area contributed by atoms with Crippen LogP contribution >= 0.6 is 0 Å². The van der Waals surface area contributed by atoms with Crippen LogP contribution in [0.15, 0.2) is 18.2 Å². The number of ether oxygens (including phenoxy) is 1. The molecule has 2 N–H and O–H groups in total. The predicted molar refractivity (Wildman–Crippen MR) is 119 cm³/mol. The molecule has 0 aliphatic carbocycles. The van der Waals surface area contributed by atoms with Crippen molar-refractivity contribution in [3.8, 4) is 5.75 Å². The zero-order valence-electron chi connectivity index (χ0n) is 18.6. The molecule has 0 unspecified atom stereocenters. The normalized spacial score (nSPS) is 16.3. The second kappa shape index (κ2) is 9.31. The number of nitrogens with two attached hydrogens (primary N) is 1. The Labute approximate surface area is 171 Å². The first-order chi connectivity index (χ1) is 13.1. The van der Waals surface area contributed by atoms with Gasteiger partial charge in [-0.15, -0.1) is 0 Å². The summed E-state index contributed by atoms with van der Waals surface area (Å²) in [5.41, 5.74) is 8.70. The second-order valence-electron chi connectivity index (χ2n) is 8.87. The van der Waals surface area contributed by atoms with Crippen LogP contribution in [0.2, 0.25) is 16.6 Å². The Balaban J connectivity index is 2.11. The van der Waals surface area contributed by atoms with E-state index in [0.717, 1.165) is 31.6 Å². The van der Waals surface area contributed by atoms with Crippen molar-refractivity contribution in [3.63, 3.8) is 0 Å². The van der Waals surface area contributed by atoms with Crippen LogP contribution in [-0.2, 0) is 4.43 Å². The van der Waals surface area contributed by atoms with Gasteiger partial charge in [0.1, 0.15) is 5.75 Å². The third-order valence-electron chi connectivity index (χ3n) is 6.32. The Morgan fingerprint density at radius 1 is 1.07 bits per heavy atom. The first-order valence-corrected chi connectivity index (χ1v) is 12.7. The minimum Gasteiger partial charge on any atom is -0.495 e. The summed E-state index contributed by atoms with van der Waals surface area (Å²) in [5.74, 6) is 0.264. The Morgan fingerprint density at radius 2 is 1.61 bits per heavy atom. The van der Waals surface area contributed by atoms with Crippen LogP contribution in [0.3, 0.4) is 0 Å². The van der Waals surface area contributed by atoms with Gasteiger partial charge in [-0.25, -0.2) is 0 Å². The van der Waals surface area contributed by atoms with Crippen LogP contribution in [0.25, 0.3) is 0 Å². The van der Waals surface area contributed by atoms with Gasteiger partial charge < -0.3 is 19.8 Å². The molecule has 6 heteroatoms. The van der Waals surface area contributed by atoms with Crippen LogP contribution < -0.4 is 15.4 Å². The molecule has 1 saturated heterocycles. The molecule has 0 aromatic heterocycles. The van der Waals surface area contributed by atoms with E-state index in [4.69, 9.17) is 14.9 Å². The standard InChI is InChI=1S/C22H38N2O3Si/c1-15(2)28(16(3)4,17(5)6)27-19-10-12-24(13-11-19)20-9-8-18(22(23)25)14-21(20)26-7/h8-9,14-17,19H,10-13H2,1-7H3,(H2,23,25). The minimum atomic E-state index is -1.85. The number of benzene rings is 1. The molecular weight excluding hydrogens is 368 g/mol. The van der Waals surface area contributed by atoms with Crippen LogP contribution in [0.4, 0.5) is 5.69 Å². The minimum absolute atomic E-state index is 0.325. The number of carbonyl (C=O) groups is 1. The Morgan fingerprint density at radius 3 is 2.04 bits per heavy atom. The summed E-state index contributed by atoms with van der Waals surface area (Å²) in [6.45, 7) is 15.9. The summed E-state index contributed by atoms with van der Waals surface area (Å²) in [7, 11) is -0.216. The highest BCUT2D eigenvalue weighted by atomic mass is 28.4. The summed E-state index contributed by atoms with van der Waals surface area (Å²) < 4.78 is 12.5. The molecule has 0 atom stereocenters. The molecule has 0 bridgehead atoms. The molecule has 1 aliphatic rings. The van der Waals surface area contributed by atoms with E-state index in [-0.39, 0.29) is 0 Å². The fourth-order valence-electron chi connectivity index (χ4n) is 5.00. The number of primary amides is 1. The molecule has 5 nitrogen and oxygen atoms in total. The highest BCUT2D eigenvalue weighted by molar-refractivity contribution is 6.77. The molecule has 0 radical (unpaired) electrons. The fraction of sp³-hybridized carbons (Fsp3) is 0.682. The lowest BCUT2D eigenvalue weighted by molar-refractivity contribution is 0.1000. The number of hydrogen-bond acceptors (Lipinski definition) is 4. The number of nitrogens with zero attached hydrogens (tertiary/aromatic N) is 1. The van der Waals surface area contributed by atoms with Crippen molar-refractivity contribution in [3.05, 3.63) is 23.8 Å². The Bertz CT molecular complexity index is 646. The summed E-state index contributed by atoms with van der Waals surface area (Å²) in [4.78, 5) is 13.8. The quantitative estimate of drug-likeness (QED) is 0.620. The van der Waals surface area contributed by atoms with Crippen LogP contribution in [0.5, 0.6) is 5.75 Å². The molecule has 0 spiro atoms. The van der Waals surface area contributed by atoms with Gasteiger partial charge in [0.15, 0.2) is 0 Å². The topological polar surface area (TPSA) is 64.8 Å². The van der Waals surface area contributed by atoms with Gasteiger partial charge in [-0.05, 0) is 47.7 Å². The lowest BCUT2D eigenvalue weighted by Gasteiger charge is -2.46. The third kappa shape index (κ3) is 4.54. The van der Waals surface area contributed by atoms with Gasteiger partial charge in [-0.2, -0.15) is 0 Å². The van der Waals surface area contributed by atoms with E-state index in [0.29, 0.717) is 34.0 Å².